The molecule has 0 spiro atoms. The predicted molar refractivity (Wildman–Crippen MR) is 63.2 cm³/mol. The van der Waals surface area contributed by atoms with Gasteiger partial charge in [-0.2, -0.15) is 0 Å². The van der Waals surface area contributed by atoms with Crippen LogP contribution in [-0.2, 0) is 4.79 Å². The highest BCUT2D eigenvalue weighted by molar-refractivity contribution is 5.98. The van der Waals surface area contributed by atoms with Crippen LogP contribution in [0, 0.1) is 0 Å². The van der Waals surface area contributed by atoms with E-state index in [1.165, 1.54) is 6.07 Å². The lowest BCUT2D eigenvalue weighted by Crippen LogP contribution is -2.05. The van der Waals surface area contributed by atoms with Gasteiger partial charge in [-0.1, -0.05) is 0 Å². The van der Waals surface area contributed by atoms with Crippen molar-refractivity contribution in [3.63, 3.8) is 0 Å². The van der Waals surface area contributed by atoms with Crippen molar-refractivity contribution in [1.29, 1.82) is 0 Å². The van der Waals surface area contributed by atoms with E-state index in [9.17, 15) is 9.59 Å². The molecule has 92 valence electrons. The number of Topliss-reactive ketones (excluding diaryl/α,β-unsaturated/α-hetero) is 1. The molecule has 0 heterocycles. The smallest absolute Gasteiger partial charge is 0.303 e. The molecule has 1 rings (SSSR count). The first-order valence-electron chi connectivity index (χ1n) is 5.32. The van der Waals surface area contributed by atoms with E-state index in [2.05, 4.69) is 0 Å². The lowest BCUT2D eigenvalue weighted by molar-refractivity contribution is -0.136. The van der Waals surface area contributed by atoms with Crippen LogP contribution >= 0.6 is 0 Å². The van der Waals surface area contributed by atoms with Crippen LogP contribution < -0.4 is 10.5 Å². The highest BCUT2D eigenvalue weighted by Crippen LogP contribution is 2.23. The normalized spacial score (nSPS) is 9.94. The van der Waals surface area contributed by atoms with Crippen molar-refractivity contribution in [2.45, 2.75) is 19.8 Å². The molecule has 5 heteroatoms. The number of hydrogen-bond donors (Lipinski definition) is 2. The van der Waals surface area contributed by atoms with Crippen molar-refractivity contribution in [2.75, 3.05) is 12.3 Å². The van der Waals surface area contributed by atoms with Crippen LogP contribution in [0.5, 0.6) is 5.75 Å². The van der Waals surface area contributed by atoms with Crippen molar-refractivity contribution in [1.82, 2.24) is 0 Å². The monoisotopic (exact) mass is 237 g/mol. The van der Waals surface area contributed by atoms with Gasteiger partial charge >= 0.3 is 5.97 Å². The molecular weight excluding hydrogens is 222 g/mol. The van der Waals surface area contributed by atoms with E-state index in [1.807, 2.05) is 6.92 Å². The summed E-state index contributed by atoms with van der Waals surface area (Å²) < 4.78 is 5.24. The number of rotatable bonds is 6. The summed E-state index contributed by atoms with van der Waals surface area (Å²) in [5, 5.41) is 8.48. The quantitative estimate of drug-likeness (QED) is 0.580. The van der Waals surface area contributed by atoms with Gasteiger partial charge < -0.3 is 15.6 Å². The maximum Gasteiger partial charge on any atom is 0.303 e. The van der Waals surface area contributed by atoms with Gasteiger partial charge in [0, 0.05) is 12.0 Å². The molecule has 0 atom stereocenters. The molecule has 0 aliphatic rings. The number of nitrogens with two attached hydrogens (primary N) is 1. The van der Waals surface area contributed by atoms with Crippen molar-refractivity contribution < 1.29 is 19.4 Å². The first-order valence-corrected chi connectivity index (χ1v) is 5.32. The number of hydrogen-bond acceptors (Lipinski definition) is 4. The van der Waals surface area contributed by atoms with Gasteiger partial charge in [0.2, 0.25) is 0 Å². The maximum atomic E-state index is 11.6. The number of ether oxygens (including phenoxy) is 1. The topological polar surface area (TPSA) is 89.6 Å². The molecule has 0 amide bonds. The summed E-state index contributed by atoms with van der Waals surface area (Å²) in [5.74, 6) is -0.693. The molecule has 5 nitrogen and oxygen atoms in total. The van der Waals surface area contributed by atoms with Gasteiger partial charge in [-0.3, -0.25) is 9.59 Å². The number of ketones is 1. The number of nitrogen functional groups attached to an aromatic ring is 1. The largest absolute Gasteiger partial charge is 0.492 e. The van der Waals surface area contributed by atoms with Crippen LogP contribution in [0.2, 0.25) is 0 Å². The Morgan fingerprint density at radius 1 is 1.35 bits per heavy atom. The fraction of sp³-hybridized carbons (Fsp3) is 0.333. The van der Waals surface area contributed by atoms with Crippen LogP contribution in [-0.4, -0.2) is 23.5 Å². The number of carboxylic acids is 1. The zero-order valence-electron chi connectivity index (χ0n) is 9.60. The Hall–Kier alpha value is -2.04. The Kier molecular flexibility index (Phi) is 4.51. The van der Waals surface area contributed by atoms with Crippen molar-refractivity contribution in [3.05, 3.63) is 23.8 Å². The zero-order chi connectivity index (χ0) is 12.8. The highest BCUT2D eigenvalue weighted by atomic mass is 16.5. The molecular formula is C12H15NO4. The fourth-order valence-corrected chi connectivity index (χ4v) is 1.37. The summed E-state index contributed by atoms with van der Waals surface area (Å²) in [5.41, 5.74) is 6.50. The summed E-state index contributed by atoms with van der Waals surface area (Å²) in [6.45, 7) is 2.34. The Labute approximate surface area is 99.2 Å². The lowest BCUT2D eigenvalue weighted by atomic mass is 10.1. The molecule has 17 heavy (non-hydrogen) atoms. The van der Waals surface area contributed by atoms with E-state index in [0.29, 0.717) is 23.6 Å². The number of benzene rings is 1. The minimum Gasteiger partial charge on any atom is -0.492 e. The van der Waals surface area contributed by atoms with Gasteiger partial charge in [-0.15, -0.1) is 0 Å². The first kappa shape index (κ1) is 13.0. The molecule has 0 fully saturated rings. The van der Waals surface area contributed by atoms with Gasteiger partial charge in [0.15, 0.2) is 5.78 Å². The molecule has 0 bridgehead atoms. The van der Waals surface area contributed by atoms with Gasteiger partial charge in [0.1, 0.15) is 5.75 Å². The predicted octanol–water partition coefficient (Wildman–Crippen LogP) is 1.71. The summed E-state index contributed by atoms with van der Waals surface area (Å²) in [7, 11) is 0. The summed E-state index contributed by atoms with van der Waals surface area (Å²) in [6.07, 6.45) is -0.200. The third-order valence-corrected chi connectivity index (χ3v) is 2.20. The minimum atomic E-state index is -0.989. The SMILES string of the molecule is CCOc1ccc(C(=O)CCC(=O)O)cc1N. The lowest BCUT2D eigenvalue weighted by Gasteiger charge is -2.08. The number of aliphatic carboxylic acids is 1. The average molecular weight is 237 g/mol. The average Bonchev–Trinajstić information content (AvgIpc) is 2.28. The Morgan fingerprint density at radius 3 is 2.59 bits per heavy atom. The van der Waals surface area contributed by atoms with Gasteiger partial charge in [0.05, 0.1) is 18.7 Å². The van der Waals surface area contributed by atoms with E-state index < -0.39 is 5.97 Å². The second-order valence-corrected chi connectivity index (χ2v) is 3.50. The van der Waals surface area contributed by atoms with Crippen molar-refractivity contribution in [2.24, 2.45) is 0 Å². The standard InChI is InChI=1S/C12H15NO4/c1-2-17-11-5-3-8(7-9(11)13)10(14)4-6-12(15)16/h3,5,7H,2,4,6,13H2,1H3,(H,15,16). The van der Waals surface area contributed by atoms with Crippen LogP contribution in [0.15, 0.2) is 18.2 Å². The molecule has 0 aromatic heterocycles. The van der Waals surface area contributed by atoms with Gasteiger partial charge in [0.25, 0.3) is 0 Å². The third-order valence-electron chi connectivity index (χ3n) is 2.20. The third kappa shape index (κ3) is 3.79. The summed E-state index contributed by atoms with van der Waals surface area (Å²) >= 11 is 0. The van der Waals surface area contributed by atoms with Crippen molar-refractivity contribution >= 4 is 17.4 Å². The molecule has 3 N–H and O–H groups in total. The van der Waals surface area contributed by atoms with Crippen LogP contribution in [0.3, 0.4) is 0 Å². The Balaban J connectivity index is 2.75. The number of anilines is 1. The van der Waals surface area contributed by atoms with Crippen molar-refractivity contribution in [3.8, 4) is 5.75 Å². The first-order chi connectivity index (χ1) is 8.04. The number of carboxylic acid groups (broad SMARTS) is 1. The Morgan fingerprint density at radius 2 is 2.06 bits per heavy atom. The molecule has 1 aromatic carbocycles. The second kappa shape index (κ2) is 5.89. The van der Waals surface area contributed by atoms with E-state index in [4.69, 9.17) is 15.6 Å². The van der Waals surface area contributed by atoms with E-state index >= 15 is 0 Å². The number of carbonyl (C=O) groups is 2. The minimum absolute atomic E-state index is 0.0250. The molecule has 0 aliphatic heterocycles. The van der Waals surface area contributed by atoms with Gasteiger partial charge in [-0.25, -0.2) is 0 Å². The maximum absolute atomic E-state index is 11.6. The van der Waals surface area contributed by atoms with E-state index in [0.717, 1.165) is 0 Å². The number of carbonyl (C=O) groups excluding carboxylic acids is 1. The molecule has 1 aromatic rings. The van der Waals surface area contributed by atoms with Gasteiger partial charge in [-0.05, 0) is 25.1 Å². The summed E-state index contributed by atoms with van der Waals surface area (Å²) in [4.78, 5) is 22.0. The second-order valence-electron chi connectivity index (χ2n) is 3.50. The molecule has 0 saturated carbocycles. The molecule has 0 unspecified atom stereocenters. The van der Waals surface area contributed by atoms with E-state index in [-0.39, 0.29) is 18.6 Å². The highest BCUT2D eigenvalue weighted by Gasteiger charge is 2.10. The fourth-order valence-electron chi connectivity index (χ4n) is 1.37. The summed E-state index contributed by atoms with van der Waals surface area (Å²) in [6, 6.07) is 4.72. The zero-order valence-corrected chi connectivity index (χ0v) is 9.60. The molecule has 0 saturated heterocycles. The van der Waals surface area contributed by atoms with E-state index in [1.54, 1.807) is 12.1 Å². The molecule has 0 radical (unpaired) electrons. The molecule has 0 aliphatic carbocycles. The van der Waals surface area contributed by atoms with Crippen LogP contribution in [0.4, 0.5) is 5.69 Å². The van der Waals surface area contributed by atoms with Crippen LogP contribution in [0.25, 0.3) is 0 Å². The van der Waals surface area contributed by atoms with Crippen LogP contribution in [0.1, 0.15) is 30.1 Å². The Bertz CT molecular complexity index is 429.